The Morgan fingerprint density at radius 3 is 2.51 bits per heavy atom. The largest absolute Gasteiger partial charge is 0.493 e. The number of rotatable bonds is 11. The van der Waals surface area contributed by atoms with Crippen molar-refractivity contribution in [2.24, 2.45) is 5.41 Å². The Morgan fingerprint density at radius 1 is 1.10 bits per heavy atom. The van der Waals surface area contributed by atoms with E-state index in [9.17, 15) is 4.79 Å². The lowest BCUT2D eigenvalue weighted by Crippen LogP contribution is -2.38. The molecule has 9 heteroatoms. The van der Waals surface area contributed by atoms with Gasteiger partial charge in [0, 0.05) is 53.7 Å². The molecular weight excluding hydrogens is 540 g/mol. The van der Waals surface area contributed by atoms with Crippen molar-refractivity contribution in [3.63, 3.8) is 0 Å². The van der Waals surface area contributed by atoms with Crippen LogP contribution in [0.2, 0.25) is 5.02 Å². The Hall–Kier alpha value is -3.52. The summed E-state index contributed by atoms with van der Waals surface area (Å²) in [4.78, 5) is 24.6. The molecule has 0 unspecified atom stereocenters. The molecule has 4 rings (SSSR count). The van der Waals surface area contributed by atoms with Gasteiger partial charge in [-0.2, -0.15) is 0 Å². The average Bonchev–Trinajstić information content (AvgIpc) is 2.93. The Balaban J connectivity index is 1.52. The molecule has 220 valence electrons. The third kappa shape index (κ3) is 8.03. The monoisotopic (exact) mass is 580 g/mol. The Kier molecular flexibility index (Phi) is 9.97. The maximum absolute atomic E-state index is 12.8. The summed E-state index contributed by atoms with van der Waals surface area (Å²) >= 11 is 6.03. The second-order valence-electron chi connectivity index (χ2n) is 11.5. The summed E-state index contributed by atoms with van der Waals surface area (Å²) in [6, 6.07) is 9.29. The molecule has 1 aliphatic heterocycles. The molecule has 41 heavy (non-hydrogen) atoms. The summed E-state index contributed by atoms with van der Waals surface area (Å²) < 4.78 is 16.7. The van der Waals surface area contributed by atoms with Gasteiger partial charge in [0.05, 0.1) is 42.9 Å². The fourth-order valence-corrected chi connectivity index (χ4v) is 5.12. The fraction of sp³-hybridized carbons (Fsp3) is 0.469. The van der Waals surface area contributed by atoms with Gasteiger partial charge >= 0.3 is 5.97 Å². The van der Waals surface area contributed by atoms with Gasteiger partial charge in [-0.25, -0.2) is 0 Å². The smallest absolute Gasteiger partial charge is 0.310 e. The van der Waals surface area contributed by atoms with Crippen molar-refractivity contribution in [1.82, 2.24) is 9.97 Å². The van der Waals surface area contributed by atoms with E-state index in [0.29, 0.717) is 35.1 Å². The molecular formula is C32H41ClN4O4. The molecule has 0 bridgehead atoms. The van der Waals surface area contributed by atoms with Gasteiger partial charge in [0.1, 0.15) is 6.61 Å². The number of esters is 1. The lowest BCUT2D eigenvalue weighted by molar-refractivity contribution is -0.146. The SMILES string of the molecule is COc1cc(Cl)ccc1OCCNc1ccc(-c2cnc(C)c(CC(=O)OC(C)C)c2N2CCC(C)(C)CC2)nc1. The molecule has 2 aromatic heterocycles. The van der Waals surface area contributed by atoms with Crippen LogP contribution >= 0.6 is 11.6 Å². The highest BCUT2D eigenvalue weighted by atomic mass is 35.5. The molecule has 0 amide bonds. The minimum atomic E-state index is -0.244. The number of pyridine rings is 2. The van der Waals surface area contributed by atoms with E-state index < -0.39 is 0 Å². The van der Waals surface area contributed by atoms with E-state index in [1.165, 1.54) is 0 Å². The van der Waals surface area contributed by atoms with Gasteiger partial charge in [-0.3, -0.25) is 14.8 Å². The van der Waals surface area contributed by atoms with E-state index in [1.807, 2.05) is 45.3 Å². The number of nitrogens with zero attached hydrogens (tertiary/aromatic N) is 3. The van der Waals surface area contributed by atoms with Crippen LogP contribution in [-0.2, 0) is 16.0 Å². The number of methoxy groups -OCH3 is 1. The van der Waals surface area contributed by atoms with Crippen LogP contribution in [0.25, 0.3) is 11.3 Å². The van der Waals surface area contributed by atoms with E-state index in [0.717, 1.165) is 59.8 Å². The van der Waals surface area contributed by atoms with Crippen molar-refractivity contribution in [3.05, 3.63) is 59.0 Å². The quantitative estimate of drug-likeness (QED) is 0.197. The van der Waals surface area contributed by atoms with Crippen molar-refractivity contribution < 1.29 is 19.0 Å². The van der Waals surface area contributed by atoms with Gasteiger partial charge in [-0.15, -0.1) is 0 Å². The van der Waals surface area contributed by atoms with E-state index in [-0.39, 0.29) is 18.5 Å². The van der Waals surface area contributed by atoms with Crippen LogP contribution < -0.4 is 19.7 Å². The van der Waals surface area contributed by atoms with Crippen molar-refractivity contribution in [3.8, 4) is 22.8 Å². The van der Waals surface area contributed by atoms with E-state index in [1.54, 1.807) is 25.3 Å². The van der Waals surface area contributed by atoms with Gasteiger partial charge in [0.25, 0.3) is 0 Å². The zero-order chi connectivity index (χ0) is 29.6. The van der Waals surface area contributed by atoms with Crippen LogP contribution in [0.3, 0.4) is 0 Å². The summed E-state index contributed by atoms with van der Waals surface area (Å²) in [6.07, 6.45) is 5.85. The van der Waals surface area contributed by atoms with Crippen LogP contribution in [0.15, 0.2) is 42.7 Å². The molecule has 0 radical (unpaired) electrons. The molecule has 1 N–H and O–H groups in total. The van der Waals surface area contributed by atoms with Crippen molar-refractivity contribution in [2.75, 3.05) is 43.6 Å². The van der Waals surface area contributed by atoms with Gasteiger partial charge in [0.15, 0.2) is 11.5 Å². The average molecular weight is 581 g/mol. The summed E-state index contributed by atoms with van der Waals surface area (Å²) in [5.41, 5.74) is 5.69. The van der Waals surface area contributed by atoms with Gasteiger partial charge in [0.2, 0.25) is 0 Å². The molecule has 0 spiro atoms. The number of aromatic nitrogens is 2. The highest BCUT2D eigenvalue weighted by Gasteiger charge is 2.30. The molecule has 0 aliphatic carbocycles. The zero-order valence-corrected chi connectivity index (χ0v) is 25.7. The van der Waals surface area contributed by atoms with Crippen LogP contribution in [0.5, 0.6) is 11.5 Å². The number of anilines is 2. The number of ether oxygens (including phenoxy) is 3. The van der Waals surface area contributed by atoms with E-state index >= 15 is 0 Å². The number of halogens is 1. The lowest BCUT2D eigenvalue weighted by Gasteiger charge is -2.40. The fourth-order valence-electron chi connectivity index (χ4n) is 4.95. The Morgan fingerprint density at radius 2 is 1.85 bits per heavy atom. The lowest BCUT2D eigenvalue weighted by atomic mass is 9.82. The topological polar surface area (TPSA) is 85.8 Å². The standard InChI is InChI=1S/C32H41ClN4O4/c1-21(2)41-30(38)18-25-22(3)35-20-26(31(25)37-14-11-32(4,5)12-15-37)27-9-8-24(19-36-27)34-13-16-40-28-10-7-23(33)17-29(28)39-6/h7-10,17,19-21,34H,11-16,18H2,1-6H3. The minimum absolute atomic E-state index is 0.168. The maximum Gasteiger partial charge on any atom is 0.310 e. The van der Waals surface area contributed by atoms with Gasteiger partial charge in [-0.05, 0) is 63.3 Å². The van der Waals surface area contributed by atoms with E-state index in [2.05, 4.69) is 29.0 Å². The normalized spacial score (nSPS) is 14.6. The summed E-state index contributed by atoms with van der Waals surface area (Å²) in [5, 5.41) is 3.95. The number of aryl methyl sites for hydroxylation is 1. The zero-order valence-electron chi connectivity index (χ0n) is 24.9. The molecule has 0 saturated carbocycles. The van der Waals surface area contributed by atoms with Crippen molar-refractivity contribution in [2.45, 2.75) is 60.0 Å². The van der Waals surface area contributed by atoms with Crippen LogP contribution in [0, 0.1) is 12.3 Å². The number of hydrogen-bond donors (Lipinski definition) is 1. The predicted molar refractivity (Wildman–Crippen MR) is 164 cm³/mol. The number of carbonyl (C=O) groups is 1. The molecule has 3 heterocycles. The van der Waals surface area contributed by atoms with Crippen molar-refractivity contribution >= 4 is 28.9 Å². The summed E-state index contributed by atoms with van der Waals surface area (Å²) in [5.74, 6) is 0.993. The van der Waals surface area contributed by atoms with Crippen LogP contribution in [0.1, 0.15) is 51.8 Å². The van der Waals surface area contributed by atoms with Crippen molar-refractivity contribution in [1.29, 1.82) is 0 Å². The third-order valence-corrected chi connectivity index (χ3v) is 7.58. The number of benzene rings is 1. The first-order valence-electron chi connectivity index (χ1n) is 14.2. The molecule has 8 nitrogen and oxygen atoms in total. The first-order valence-corrected chi connectivity index (χ1v) is 14.5. The van der Waals surface area contributed by atoms with Crippen LogP contribution in [0.4, 0.5) is 11.4 Å². The van der Waals surface area contributed by atoms with Crippen LogP contribution in [-0.4, -0.2) is 55.4 Å². The summed E-state index contributed by atoms with van der Waals surface area (Å²) in [6.45, 7) is 13.2. The second-order valence-corrected chi connectivity index (χ2v) is 11.9. The molecule has 3 aromatic rings. The molecule has 0 atom stereocenters. The number of carbonyl (C=O) groups excluding carboxylic acids is 1. The predicted octanol–water partition coefficient (Wildman–Crippen LogP) is 6.73. The third-order valence-electron chi connectivity index (χ3n) is 7.34. The highest BCUT2D eigenvalue weighted by Crippen LogP contribution is 2.39. The molecule has 1 saturated heterocycles. The van der Waals surface area contributed by atoms with Gasteiger partial charge in [-0.1, -0.05) is 25.4 Å². The Labute approximate surface area is 248 Å². The highest BCUT2D eigenvalue weighted by molar-refractivity contribution is 6.30. The summed E-state index contributed by atoms with van der Waals surface area (Å²) in [7, 11) is 1.59. The van der Waals surface area contributed by atoms with Gasteiger partial charge < -0.3 is 24.4 Å². The number of hydrogen-bond acceptors (Lipinski definition) is 8. The molecule has 1 aromatic carbocycles. The minimum Gasteiger partial charge on any atom is -0.493 e. The molecule has 1 fully saturated rings. The second kappa shape index (κ2) is 13.4. The number of piperidine rings is 1. The first-order chi connectivity index (χ1) is 19.6. The van der Waals surface area contributed by atoms with E-state index in [4.69, 9.17) is 30.8 Å². The Bertz CT molecular complexity index is 1330. The molecule has 1 aliphatic rings. The first kappa shape index (κ1) is 30.4. The maximum atomic E-state index is 12.8. The number of nitrogens with one attached hydrogen (secondary N) is 1.